The lowest BCUT2D eigenvalue weighted by Crippen LogP contribution is -2.28. The van der Waals surface area contributed by atoms with E-state index >= 15 is 0 Å². The maximum absolute atomic E-state index is 6.11. The Morgan fingerprint density at radius 3 is 2.79 bits per heavy atom. The zero-order chi connectivity index (χ0) is 13.8. The molecule has 0 aliphatic heterocycles. The lowest BCUT2D eigenvalue weighted by molar-refractivity contribution is 0.459. The molecule has 1 aromatic carbocycles. The molecular weight excluding hydrogens is 367 g/mol. The molecule has 0 radical (unpaired) electrons. The van der Waals surface area contributed by atoms with Gasteiger partial charge in [0.15, 0.2) is 0 Å². The standard InChI is InChI=1S/C14H21BBr2N2/c15-10-2-1-3-12(5-4-10)19-8-9-6-11(16)7-13(17)14(9)18/h6-7,10,12,19H,1-5,8,15,18H2. The van der Waals surface area contributed by atoms with E-state index in [4.69, 9.17) is 5.73 Å². The zero-order valence-corrected chi connectivity index (χ0v) is 14.6. The molecule has 0 amide bonds. The van der Waals surface area contributed by atoms with Crippen molar-refractivity contribution in [2.45, 2.75) is 50.5 Å². The summed E-state index contributed by atoms with van der Waals surface area (Å²) in [6.07, 6.45) is 6.64. The van der Waals surface area contributed by atoms with Crippen molar-refractivity contribution < 1.29 is 0 Å². The van der Waals surface area contributed by atoms with E-state index in [0.717, 1.165) is 27.0 Å². The first-order chi connectivity index (χ1) is 9.06. The summed E-state index contributed by atoms with van der Waals surface area (Å²) in [5, 5.41) is 3.67. The SMILES string of the molecule is BC1CCCC(NCc2cc(Br)cc(Br)c2N)CC1. The monoisotopic (exact) mass is 386 g/mol. The fourth-order valence-corrected chi connectivity index (χ4v) is 4.04. The largest absolute Gasteiger partial charge is 0.398 e. The average molecular weight is 388 g/mol. The first-order valence-corrected chi connectivity index (χ1v) is 8.61. The predicted molar refractivity (Wildman–Crippen MR) is 92.3 cm³/mol. The number of benzene rings is 1. The van der Waals surface area contributed by atoms with Gasteiger partial charge in [-0.1, -0.05) is 41.0 Å². The number of halogens is 2. The predicted octanol–water partition coefficient (Wildman–Crippen LogP) is 3.64. The zero-order valence-electron chi connectivity index (χ0n) is 11.4. The molecule has 2 unspecified atom stereocenters. The minimum absolute atomic E-state index is 0.641. The number of anilines is 1. The normalized spacial score (nSPS) is 24.1. The van der Waals surface area contributed by atoms with E-state index in [0.29, 0.717) is 6.04 Å². The Bertz CT molecular complexity index is 440. The van der Waals surface area contributed by atoms with Gasteiger partial charge in [-0.25, -0.2) is 0 Å². The van der Waals surface area contributed by atoms with Crippen LogP contribution in [0.5, 0.6) is 0 Å². The molecule has 5 heteroatoms. The smallest absolute Gasteiger partial charge is 0.105 e. The van der Waals surface area contributed by atoms with Gasteiger partial charge in [-0.3, -0.25) is 0 Å². The van der Waals surface area contributed by atoms with Crippen molar-refractivity contribution in [1.82, 2.24) is 5.32 Å². The first kappa shape index (κ1) is 15.4. The Hall–Kier alpha value is 0.00494. The highest BCUT2D eigenvalue weighted by atomic mass is 79.9. The topological polar surface area (TPSA) is 38.0 Å². The summed E-state index contributed by atoms with van der Waals surface area (Å²) in [7, 11) is 2.37. The van der Waals surface area contributed by atoms with E-state index in [1.54, 1.807) is 0 Å². The van der Waals surface area contributed by atoms with Gasteiger partial charge in [-0.05, 0) is 46.5 Å². The van der Waals surface area contributed by atoms with Crippen molar-refractivity contribution in [3.8, 4) is 0 Å². The van der Waals surface area contributed by atoms with Crippen LogP contribution < -0.4 is 11.1 Å². The van der Waals surface area contributed by atoms with Crippen molar-refractivity contribution in [2.24, 2.45) is 0 Å². The van der Waals surface area contributed by atoms with E-state index in [1.807, 2.05) is 6.07 Å². The van der Waals surface area contributed by atoms with Gasteiger partial charge < -0.3 is 11.1 Å². The van der Waals surface area contributed by atoms with Crippen LogP contribution in [-0.2, 0) is 6.54 Å². The van der Waals surface area contributed by atoms with Crippen molar-refractivity contribution in [3.63, 3.8) is 0 Å². The Labute approximate surface area is 133 Å². The van der Waals surface area contributed by atoms with Crippen LogP contribution >= 0.6 is 31.9 Å². The molecule has 1 aliphatic rings. The number of hydrogen-bond acceptors (Lipinski definition) is 2. The van der Waals surface area contributed by atoms with Gasteiger partial charge in [0.2, 0.25) is 0 Å². The van der Waals surface area contributed by atoms with Crippen molar-refractivity contribution >= 4 is 45.4 Å². The van der Waals surface area contributed by atoms with E-state index in [2.05, 4.69) is 51.1 Å². The van der Waals surface area contributed by atoms with Gasteiger partial charge in [-0.2, -0.15) is 0 Å². The molecule has 104 valence electrons. The van der Waals surface area contributed by atoms with Gasteiger partial charge in [0, 0.05) is 21.5 Å². The second kappa shape index (κ2) is 7.14. The molecule has 0 heterocycles. The Morgan fingerprint density at radius 1 is 1.21 bits per heavy atom. The van der Waals surface area contributed by atoms with Crippen LogP contribution in [0.15, 0.2) is 21.1 Å². The lowest BCUT2D eigenvalue weighted by atomic mass is 9.81. The van der Waals surface area contributed by atoms with Crippen LogP contribution in [-0.4, -0.2) is 13.9 Å². The second-order valence-electron chi connectivity index (χ2n) is 5.65. The van der Waals surface area contributed by atoms with Gasteiger partial charge in [-0.15, -0.1) is 0 Å². The Balaban J connectivity index is 1.95. The summed E-state index contributed by atoms with van der Waals surface area (Å²) in [5.74, 6) is 0.886. The van der Waals surface area contributed by atoms with Gasteiger partial charge in [0.05, 0.1) is 5.69 Å². The molecule has 2 atom stereocenters. The number of hydrogen-bond donors (Lipinski definition) is 2. The molecule has 0 bridgehead atoms. The van der Waals surface area contributed by atoms with Crippen molar-refractivity contribution in [3.05, 3.63) is 26.6 Å². The first-order valence-electron chi connectivity index (χ1n) is 7.03. The van der Waals surface area contributed by atoms with Crippen LogP contribution in [0.1, 0.15) is 37.7 Å². The summed E-state index contributed by atoms with van der Waals surface area (Å²) in [6.45, 7) is 0.850. The second-order valence-corrected chi connectivity index (χ2v) is 7.42. The van der Waals surface area contributed by atoms with Crippen LogP contribution in [0.4, 0.5) is 5.69 Å². The van der Waals surface area contributed by atoms with Crippen LogP contribution in [0.25, 0.3) is 0 Å². The molecule has 2 nitrogen and oxygen atoms in total. The van der Waals surface area contributed by atoms with Crippen LogP contribution in [0.3, 0.4) is 0 Å². The summed E-state index contributed by atoms with van der Waals surface area (Å²) >= 11 is 7.02. The van der Waals surface area contributed by atoms with Gasteiger partial charge >= 0.3 is 0 Å². The molecule has 0 aromatic heterocycles. The molecule has 19 heavy (non-hydrogen) atoms. The summed E-state index contributed by atoms with van der Waals surface area (Å²) in [6, 6.07) is 4.74. The van der Waals surface area contributed by atoms with E-state index in [9.17, 15) is 0 Å². The van der Waals surface area contributed by atoms with E-state index in [1.165, 1.54) is 37.7 Å². The molecule has 3 N–H and O–H groups in total. The average Bonchev–Trinajstić information content (AvgIpc) is 2.57. The third kappa shape index (κ3) is 4.50. The Kier molecular flexibility index (Phi) is 5.78. The van der Waals surface area contributed by atoms with Gasteiger partial charge in [0.25, 0.3) is 0 Å². The highest BCUT2D eigenvalue weighted by Crippen LogP contribution is 2.29. The Morgan fingerprint density at radius 2 is 2.00 bits per heavy atom. The van der Waals surface area contributed by atoms with Crippen LogP contribution in [0.2, 0.25) is 5.82 Å². The van der Waals surface area contributed by atoms with Crippen LogP contribution in [0, 0.1) is 0 Å². The highest BCUT2D eigenvalue weighted by molar-refractivity contribution is 9.11. The lowest BCUT2D eigenvalue weighted by Gasteiger charge is -2.18. The fourth-order valence-electron chi connectivity index (χ4n) is 2.73. The summed E-state index contributed by atoms with van der Waals surface area (Å²) < 4.78 is 2.04. The maximum Gasteiger partial charge on any atom is 0.105 e. The molecule has 1 fully saturated rings. The molecular formula is C14H21BBr2N2. The molecule has 1 aromatic rings. The third-order valence-corrected chi connectivity index (χ3v) is 5.13. The molecule has 1 saturated carbocycles. The summed E-state index contributed by atoms with van der Waals surface area (Å²) in [5.41, 5.74) is 8.12. The summed E-state index contributed by atoms with van der Waals surface area (Å²) in [4.78, 5) is 0. The van der Waals surface area contributed by atoms with Crippen molar-refractivity contribution in [1.29, 1.82) is 0 Å². The quantitative estimate of drug-likeness (QED) is 0.472. The maximum atomic E-state index is 6.11. The number of nitrogens with two attached hydrogens (primary N) is 1. The van der Waals surface area contributed by atoms with E-state index < -0.39 is 0 Å². The van der Waals surface area contributed by atoms with Gasteiger partial charge in [0.1, 0.15) is 7.85 Å². The minimum Gasteiger partial charge on any atom is -0.398 e. The number of nitrogen functional groups attached to an aromatic ring is 1. The molecule has 0 spiro atoms. The van der Waals surface area contributed by atoms with Crippen molar-refractivity contribution in [2.75, 3.05) is 5.73 Å². The van der Waals surface area contributed by atoms with E-state index in [-0.39, 0.29) is 0 Å². The molecule has 0 saturated heterocycles. The molecule has 1 aliphatic carbocycles. The fraction of sp³-hybridized carbons (Fsp3) is 0.571. The molecule has 2 rings (SSSR count). The highest BCUT2D eigenvalue weighted by Gasteiger charge is 2.16. The number of rotatable bonds is 3. The minimum atomic E-state index is 0.641. The third-order valence-electron chi connectivity index (χ3n) is 4.02. The number of nitrogens with one attached hydrogen (secondary N) is 1.